The fraction of sp³-hybridized carbons (Fsp3) is 0.120. The van der Waals surface area contributed by atoms with Crippen molar-refractivity contribution in [2.24, 2.45) is 0 Å². The Hall–Kier alpha value is -3.57. The lowest BCUT2D eigenvalue weighted by atomic mass is 9.94. The van der Waals surface area contributed by atoms with Crippen molar-refractivity contribution in [2.45, 2.75) is 13.0 Å². The average molecular weight is 434 g/mol. The van der Waals surface area contributed by atoms with E-state index in [4.69, 9.17) is 16.3 Å². The molecular weight excluding hydrogens is 414 g/mol. The number of hydrogen-bond acceptors (Lipinski definition) is 4. The van der Waals surface area contributed by atoms with Crippen molar-refractivity contribution in [3.8, 4) is 5.75 Å². The minimum absolute atomic E-state index is 0.0285. The number of aliphatic hydroxyl groups is 1. The van der Waals surface area contributed by atoms with Crippen molar-refractivity contribution in [2.75, 3.05) is 12.0 Å². The van der Waals surface area contributed by atoms with Crippen LogP contribution in [0.15, 0.2) is 78.4 Å². The normalized spacial score (nSPS) is 17.8. The number of para-hydroxylation sites is 1. The summed E-state index contributed by atoms with van der Waals surface area (Å²) in [5, 5.41) is 11.7. The van der Waals surface area contributed by atoms with Gasteiger partial charge in [-0.3, -0.25) is 14.5 Å². The van der Waals surface area contributed by atoms with Crippen molar-refractivity contribution >= 4 is 34.7 Å². The van der Waals surface area contributed by atoms with Gasteiger partial charge in [0, 0.05) is 16.3 Å². The molecule has 4 rings (SSSR count). The monoisotopic (exact) mass is 433 g/mol. The number of Topliss-reactive ketones (excluding diaryl/α,β-unsaturated/α-hetero) is 1. The summed E-state index contributed by atoms with van der Waals surface area (Å²) in [6.45, 7) is 1.84. The number of amides is 1. The lowest BCUT2D eigenvalue weighted by molar-refractivity contribution is -0.132. The number of ether oxygens (including phenoxy) is 1. The van der Waals surface area contributed by atoms with Gasteiger partial charge in [0.1, 0.15) is 11.5 Å². The molecule has 156 valence electrons. The number of carbonyl (C=O) groups excluding carboxylic acids is 2. The van der Waals surface area contributed by atoms with E-state index in [1.165, 1.54) is 4.90 Å². The predicted molar refractivity (Wildman–Crippen MR) is 120 cm³/mol. The van der Waals surface area contributed by atoms with E-state index in [2.05, 4.69) is 0 Å². The molecule has 0 bridgehead atoms. The van der Waals surface area contributed by atoms with Gasteiger partial charge in [-0.1, -0.05) is 41.9 Å². The van der Waals surface area contributed by atoms with E-state index in [9.17, 15) is 14.7 Å². The standard InChI is InChI=1S/C25H20ClNO4/c1-15-14-17(10-13-20(15)31-2)23(28)21-22(16-8-11-18(26)12-9-16)27(25(30)24(21)29)19-6-4-3-5-7-19/h3-14,22,28H,1-2H3/b23-21-. The van der Waals surface area contributed by atoms with Gasteiger partial charge in [-0.2, -0.15) is 0 Å². The Labute approximate surface area is 185 Å². The molecule has 3 aromatic rings. The number of aryl methyl sites for hydroxylation is 1. The average Bonchev–Trinajstić information content (AvgIpc) is 3.05. The minimum Gasteiger partial charge on any atom is -0.507 e. The van der Waals surface area contributed by atoms with Gasteiger partial charge < -0.3 is 9.84 Å². The van der Waals surface area contributed by atoms with Crippen molar-refractivity contribution in [1.29, 1.82) is 0 Å². The largest absolute Gasteiger partial charge is 0.507 e. The zero-order chi connectivity index (χ0) is 22.1. The molecule has 1 aliphatic heterocycles. The topological polar surface area (TPSA) is 66.8 Å². The summed E-state index contributed by atoms with van der Waals surface area (Å²) in [4.78, 5) is 27.6. The number of rotatable bonds is 4. The van der Waals surface area contributed by atoms with E-state index in [0.717, 1.165) is 5.56 Å². The molecule has 0 saturated carbocycles. The van der Waals surface area contributed by atoms with Crippen LogP contribution in [0.5, 0.6) is 5.75 Å². The molecule has 0 aliphatic carbocycles. The summed E-state index contributed by atoms with van der Waals surface area (Å²) in [5.74, 6) is -1.01. The number of halogens is 1. The molecule has 0 aromatic heterocycles. The van der Waals surface area contributed by atoms with Crippen LogP contribution < -0.4 is 9.64 Å². The summed E-state index contributed by atoms with van der Waals surface area (Å²) in [5.41, 5.74) is 2.49. The fourth-order valence-corrected chi connectivity index (χ4v) is 3.96. The maximum absolute atomic E-state index is 13.1. The van der Waals surface area contributed by atoms with Gasteiger partial charge in [-0.25, -0.2) is 0 Å². The third-order valence-corrected chi connectivity index (χ3v) is 5.58. The summed E-state index contributed by atoms with van der Waals surface area (Å²) in [7, 11) is 1.56. The smallest absolute Gasteiger partial charge is 0.300 e. The molecule has 1 atom stereocenters. The first-order valence-electron chi connectivity index (χ1n) is 9.69. The van der Waals surface area contributed by atoms with Gasteiger partial charge in [0.2, 0.25) is 0 Å². The quantitative estimate of drug-likeness (QED) is 0.345. The van der Waals surface area contributed by atoms with Crippen LogP contribution in [0.4, 0.5) is 5.69 Å². The second kappa shape index (κ2) is 8.28. The molecule has 1 N–H and O–H groups in total. The van der Waals surface area contributed by atoms with Crippen LogP contribution in [0, 0.1) is 6.92 Å². The molecule has 31 heavy (non-hydrogen) atoms. The second-order valence-corrected chi connectivity index (χ2v) is 7.68. The molecule has 1 fully saturated rings. The lowest BCUT2D eigenvalue weighted by Gasteiger charge is -2.25. The molecule has 1 amide bonds. The number of methoxy groups -OCH3 is 1. The first-order chi connectivity index (χ1) is 14.9. The van der Waals surface area contributed by atoms with Crippen LogP contribution in [0.1, 0.15) is 22.7 Å². The zero-order valence-corrected chi connectivity index (χ0v) is 17.8. The molecule has 0 spiro atoms. The van der Waals surface area contributed by atoms with Gasteiger partial charge in [0.15, 0.2) is 0 Å². The number of nitrogens with zero attached hydrogens (tertiary/aromatic N) is 1. The van der Waals surface area contributed by atoms with E-state index in [-0.39, 0.29) is 11.3 Å². The van der Waals surface area contributed by atoms with Gasteiger partial charge >= 0.3 is 0 Å². The Kier molecular flexibility index (Phi) is 5.53. The molecule has 1 saturated heterocycles. The third-order valence-electron chi connectivity index (χ3n) is 5.33. The summed E-state index contributed by atoms with van der Waals surface area (Å²) >= 11 is 6.05. The van der Waals surface area contributed by atoms with Crippen molar-refractivity contribution in [3.05, 3.63) is 100 Å². The molecule has 1 unspecified atom stereocenters. The molecule has 1 heterocycles. The Morgan fingerprint density at radius 2 is 1.68 bits per heavy atom. The molecular formula is C25H20ClNO4. The second-order valence-electron chi connectivity index (χ2n) is 7.24. The SMILES string of the molecule is COc1ccc(/C(O)=C2/C(=O)C(=O)N(c3ccccc3)C2c2ccc(Cl)cc2)cc1C. The Morgan fingerprint density at radius 1 is 1.00 bits per heavy atom. The van der Waals surface area contributed by atoms with Crippen LogP contribution in [0.25, 0.3) is 5.76 Å². The lowest BCUT2D eigenvalue weighted by Crippen LogP contribution is -2.29. The van der Waals surface area contributed by atoms with E-state index in [1.807, 2.05) is 13.0 Å². The fourth-order valence-electron chi connectivity index (χ4n) is 3.83. The van der Waals surface area contributed by atoms with Crippen LogP contribution in [-0.4, -0.2) is 23.9 Å². The highest BCUT2D eigenvalue weighted by molar-refractivity contribution is 6.51. The highest BCUT2D eigenvalue weighted by Gasteiger charge is 2.46. The van der Waals surface area contributed by atoms with Gasteiger partial charge in [0.05, 0.1) is 18.7 Å². The Morgan fingerprint density at radius 3 is 2.29 bits per heavy atom. The third kappa shape index (κ3) is 3.68. The van der Waals surface area contributed by atoms with Gasteiger partial charge in [-0.15, -0.1) is 0 Å². The van der Waals surface area contributed by atoms with Crippen LogP contribution in [0.3, 0.4) is 0 Å². The Bertz CT molecular complexity index is 1190. The van der Waals surface area contributed by atoms with E-state index >= 15 is 0 Å². The zero-order valence-electron chi connectivity index (χ0n) is 17.0. The van der Waals surface area contributed by atoms with Crippen LogP contribution in [0.2, 0.25) is 5.02 Å². The van der Waals surface area contributed by atoms with E-state index in [0.29, 0.717) is 27.6 Å². The number of ketones is 1. The predicted octanol–water partition coefficient (Wildman–Crippen LogP) is 5.28. The van der Waals surface area contributed by atoms with E-state index < -0.39 is 17.7 Å². The molecule has 6 heteroatoms. The van der Waals surface area contributed by atoms with Crippen molar-refractivity contribution < 1.29 is 19.4 Å². The summed E-state index contributed by atoms with van der Waals surface area (Å²) in [6, 6.07) is 20.1. The number of benzene rings is 3. The van der Waals surface area contributed by atoms with Crippen molar-refractivity contribution in [3.63, 3.8) is 0 Å². The molecule has 3 aromatic carbocycles. The maximum atomic E-state index is 13.1. The number of aliphatic hydroxyl groups excluding tert-OH is 1. The first-order valence-corrected chi connectivity index (χ1v) is 10.1. The minimum atomic E-state index is -0.790. The maximum Gasteiger partial charge on any atom is 0.300 e. The summed E-state index contributed by atoms with van der Waals surface area (Å²) in [6.07, 6.45) is 0. The van der Waals surface area contributed by atoms with Crippen LogP contribution in [-0.2, 0) is 9.59 Å². The van der Waals surface area contributed by atoms with E-state index in [1.54, 1.807) is 73.8 Å². The summed E-state index contributed by atoms with van der Waals surface area (Å²) < 4.78 is 5.28. The number of hydrogen-bond donors (Lipinski definition) is 1. The number of anilines is 1. The first kappa shape index (κ1) is 20.7. The molecule has 5 nitrogen and oxygen atoms in total. The molecule has 1 aliphatic rings. The van der Waals surface area contributed by atoms with Crippen LogP contribution >= 0.6 is 11.6 Å². The Balaban J connectivity index is 1.93. The van der Waals surface area contributed by atoms with Gasteiger partial charge in [0.25, 0.3) is 11.7 Å². The van der Waals surface area contributed by atoms with Crippen molar-refractivity contribution in [1.82, 2.24) is 0 Å². The number of carbonyl (C=O) groups is 2. The highest BCUT2D eigenvalue weighted by Crippen LogP contribution is 2.42. The highest BCUT2D eigenvalue weighted by atomic mass is 35.5. The molecule has 0 radical (unpaired) electrons. The van der Waals surface area contributed by atoms with Gasteiger partial charge in [-0.05, 0) is 60.5 Å².